The maximum atomic E-state index is 12.8. The van der Waals surface area contributed by atoms with Gasteiger partial charge in [-0.3, -0.25) is 4.90 Å². The summed E-state index contributed by atoms with van der Waals surface area (Å²) in [7, 11) is 0. The van der Waals surface area contributed by atoms with Gasteiger partial charge < -0.3 is 5.73 Å². The Kier molecular flexibility index (Phi) is 5.11. The molecular formula is C16H24F2N2. The van der Waals surface area contributed by atoms with Gasteiger partial charge >= 0.3 is 0 Å². The van der Waals surface area contributed by atoms with Crippen LogP contribution >= 0.6 is 0 Å². The molecule has 2 nitrogen and oxygen atoms in total. The van der Waals surface area contributed by atoms with Crippen molar-refractivity contribution in [2.45, 2.75) is 45.2 Å². The minimum Gasteiger partial charge on any atom is -0.329 e. The molecule has 0 radical (unpaired) electrons. The number of nitrogens with two attached hydrogens (primary N) is 1. The third-order valence-corrected chi connectivity index (χ3v) is 4.00. The van der Waals surface area contributed by atoms with Gasteiger partial charge in [0.1, 0.15) is 0 Å². The highest BCUT2D eigenvalue weighted by molar-refractivity contribution is 5.27. The maximum Gasteiger partial charge on any atom is 0.263 e. The topological polar surface area (TPSA) is 29.3 Å². The number of hydrogen-bond acceptors (Lipinski definition) is 2. The first kappa shape index (κ1) is 15.4. The summed E-state index contributed by atoms with van der Waals surface area (Å²) in [6, 6.07) is 7.07. The van der Waals surface area contributed by atoms with E-state index in [2.05, 4.69) is 18.7 Å². The smallest absolute Gasteiger partial charge is 0.263 e. The highest BCUT2D eigenvalue weighted by atomic mass is 19.3. The molecule has 0 aliphatic heterocycles. The van der Waals surface area contributed by atoms with Crippen molar-refractivity contribution in [2.24, 2.45) is 11.7 Å². The third-order valence-electron chi connectivity index (χ3n) is 4.00. The number of hydrogen-bond donors (Lipinski definition) is 1. The second-order valence-electron chi connectivity index (χ2n) is 5.96. The normalized spacial score (nSPS) is 17.2. The van der Waals surface area contributed by atoms with Crippen molar-refractivity contribution in [3.8, 4) is 0 Å². The van der Waals surface area contributed by atoms with Gasteiger partial charge in [-0.1, -0.05) is 18.2 Å². The van der Waals surface area contributed by atoms with Crippen molar-refractivity contribution < 1.29 is 8.78 Å². The molecule has 1 unspecified atom stereocenters. The van der Waals surface area contributed by atoms with Crippen LogP contribution in [0.5, 0.6) is 0 Å². The van der Waals surface area contributed by atoms with Crippen LogP contribution in [0.25, 0.3) is 0 Å². The molecule has 1 saturated carbocycles. The minimum absolute atomic E-state index is 0.0225. The summed E-state index contributed by atoms with van der Waals surface area (Å²) in [6.45, 7) is 5.75. The Balaban J connectivity index is 2.21. The van der Waals surface area contributed by atoms with Gasteiger partial charge in [-0.15, -0.1) is 0 Å². The van der Waals surface area contributed by atoms with Gasteiger partial charge in [-0.2, -0.15) is 0 Å². The molecular weight excluding hydrogens is 258 g/mol. The predicted molar refractivity (Wildman–Crippen MR) is 77.8 cm³/mol. The van der Waals surface area contributed by atoms with E-state index in [1.54, 1.807) is 12.1 Å². The summed E-state index contributed by atoms with van der Waals surface area (Å²) < 4.78 is 25.7. The van der Waals surface area contributed by atoms with Crippen LogP contribution in [0.4, 0.5) is 8.78 Å². The van der Waals surface area contributed by atoms with Crippen LogP contribution in [0.15, 0.2) is 24.3 Å². The van der Waals surface area contributed by atoms with Crippen molar-refractivity contribution in [2.75, 3.05) is 13.1 Å². The highest BCUT2D eigenvalue weighted by Crippen LogP contribution is 2.34. The van der Waals surface area contributed by atoms with E-state index in [0.29, 0.717) is 12.6 Å². The molecule has 1 atom stereocenters. The van der Waals surface area contributed by atoms with E-state index in [0.717, 1.165) is 18.0 Å². The van der Waals surface area contributed by atoms with Crippen molar-refractivity contribution >= 4 is 0 Å². The molecule has 1 aliphatic rings. The van der Waals surface area contributed by atoms with Crippen LogP contribution in [0.3, 0.4) is 0 Å². The van der Waals surface area contributed by atoms with Crippen LogP contribution < -0.4 is 5.73 Å². The number of rotatable bonds is 7. The van der Waals surface area contributed by atoms with E-state index < -0.39 is 6.43 Å². The van der Waals surface area contributed by atoms with Crippen LogP contribution in [-0.2, 0) is 0 Å². The molecule has 20 heavy (non-hydrogen) atoms. The molecule has 1 aromatic carbocycles. The van der Waals surface area contributed by atoms with E-state index in [4.69, 9.17) is 5.73 Å². The lowest BCUT2D eigenvalue weighted by Crippen LogP contribution is -2.40. The highest BCUT2D eigenvalue weighted by Gasteiger charge is 2.30. The molecule has 112 valence electrons. The summed E-state index contributed by atoms with van der Waals surface area (Å²) in [5, 5.41) is 0. The molecule has 1 fully saturated rings. The molecule has 0 aromatic heterocycles. The third kappa shape index (κ3) is 3.76. The van der Waals surface area contributed by atoms with E-state index >= 15 is 0 Å². The zero-order chi connectivity index (χ0) is 14.7. The maximum absolute atomic E-state index is 12.8. The molecule has 0 heterocycles. The first-order valence-corrected chi connectivity index (χ1v) is 7.36. The molecule has 0 amide bonds. The molecule has 1 aliphatic carbocycles. The second-order valence-corrected chi connectivity index (χ2v) is 5.96. The van der Waals surface area contributed by atoms with Crippen molar-refractivity contribution in [1.82, 2.24) is 4.90 Å². The van der Waals surface area contributed by atoms with Gasteiger partial charge in [0.15, 0.2) is 0 Å². The molecule has 0 bridgehead atoms. The Morgan fingerprint density at radius 2 is 1.90 bits per heavy atom. The van der Waals surface area contributed by atoms with Gasteiger partial charge in [0, 0.05) is 30.7 Å². The Labute approximate surface area is 120 Å². The Morgan fingerprint density at radius 1 is 1.25 bits per heavy atom. The van der Waals surface area contributed by atoms with E-state index in [-0.39, 0.29) is 11.6 Å². The van der Waals surface area contributed by atoms with Crippen LogP contribution in [-0.4, -0.2) is 24.0 Å². The summed E-state index contributed by atoms with van der Waals surface area (Å²) in [6.07, 6.45) is 0.124. The van der Waals surface area contributed by atoms with Crippen LogP contribution in [0, 0.1) is 5.92 Å². The zero-order valence-corrected chi connectivity index (χ0v) is 12.2. The van der Waals surface area contributed by atoms with E-state index in [9.17, 15) is 8.78 Å². The fraction of sp³-hybridized carbons (Fsp3) is 0.625. The molecule has 0 saturated heterocycles. The Hall–Kier alpha value is -1.00. The zero-order valence-electron chi connectivity index (χ0n) is 12.2. The van der Waals surface area contributed by atoms with E-state index in [1.807, 2.05) is 6.07 Å². The van der Waals surface area contributed by atoms with E-state index in [1.165, 1.54) is 18.9 Å². The molecule has 2 rings (SSSR count). The number of benzene rings is 1. The van der Waals surface area contributed by atoms with Crippen molar-refractivity contribution in [3.05, 3.63) is 35.4 Å². The SMILES string of the molecule is CC(C)N(CC1CC1)C(CN)c1cccc(C(F)F)c1. The monoisotopic (exact) mass is 282 g/mol. The lowest BCUT2D eigenvalue weighted by Gasteiger charge is -2.35. The van der Waals surface area contributed by atoms with Crippen LogP contribution in [0.2, 0.25) is 0 Å². The Bertz CT molecular complexity index is 430. The first-order valence-electron chi connectivity index (χ1n) is 7.36. The predicted octanol–water partition coefficient (Wildman–Crippen LogP) is 3.74. The summed E-state index contributed by atoms with van der Waals surface area (Å²) in [5.41, 5.74) is 6.92. The van der Waals surface area contributed by atoms with Crippen LogP contribution in [0.1, 0.15) is 50.3 Å². The van der Waals surface area contributed by atoms with Gasteiger partial charge in [-0.25, -0.2) is 8.78 Å². The van der Waals surface area contributed by atoms with Crippen molar-refractivity contribution in [1.29, 1.82) is 0 Å². The van der Waals surface area contributed by atoms with Crippen molar-refractivity contribution in [3.63, 3.8) is 0 Å². The first-order chi connectivity index (χ1) is 9.52. The standard InChI is InChI=1S/C16H24F2N2/c1-11(2)20(10-12-6-7-12)15(9-19)13-4-3-5-14(8-13)16(17)18/h3-5,8,11-12,15-16H,6-7,9-10,19H2,1-2H3. The largest absolute Gasteiger partial charge is 0.329 e. The summed E-state index contributed by atoms with van der Waals surface area (Å²) in [4.78, 5) is 2.35. The fourth-order valence-corrected chi connectivity index (χ4v) is 2.66. The van der Waals surface area contributed by atoms with Gasteiger partial charge in [0.05, 0.1) is 0 Å². The molecule has 0 spiro atoms. The van der Waals surface area contributed by atoms with Gasteiger partial charge in [-0.05, 0) is 44.2 Å². The fourth-order valence-electron chi connectivity index (χ4n) is 2.66. The number of nitrogens with zero attached hydrogens (tertiary/aromatic N) is 1. The lowest BCUT2D eigenvalue weighted by molar-refractivity contribution is 0.145. The van der Waals surface area contributed by atoms with Gasteiger partial charge in [0.25, 0.3) is 6.43 Å². The molecule has 2 N–H and O–H groups in total. The lowest BCUT2D eigenvalue weighted by atomic mass is 10.0. The summed E-state index contributed by atoms with van der Waals surface area (Å²) in [5.74, 6) is 0.754. The number of alkyl halides is 2. The summed E-state index contributed by atoms with van der Waals surface area (Å²) >= 11 is 0. The second kappa shape index (κ2) is 6.64. The minimum atomic E-state index is -2.43. The number of halogens is 2. The van der Waals surface area contributed by atoms with Gasteiger partial charge in [0.2, 0.25) is 0 Å². The quantitative estimate of drug-likeness (QED) is 0.825. The molecule has 4 heteroatoms. The molecule has 1 aromatic rings. The average Bonchev–Trinajstić information content (AvgIpc) is 3.22. The Morgan fingerprint density at radius 3 is 2.40 bits per heavy atom. The average molecular weight is 282 g/mol.